The minimum Gasteiger partial charge on any atom is -0.356 e. The molecule has 0 fully saturated rings. The Morgan fingerprint density at radius 1 is 1.38 bits per heavy atom. The summed E-state index contributed by atoms with van der Waals surface area (Å²) < 4.78 is 36.7. The Bertz CT molecular complexity index is 507. The van der Waals surface area contributed by atoms with Crippen LogP contribution in [0.3, 0.4) is 0 Å². The third-order valence-electron chi connectivity index (χ3n) is 3.09. The number of halogens is 4. The van der Waals surface area contributed by atoms with Crippen LogP contribution < -0.4 is 5.32 Å². The molecule has 5 nitrogen and oxygen atoms in total. The second-order valence-corrected chi connectivity index (χ2v) is 6.46. The van der Waals surface area contributed by atoms with Crippen molar-refractivity contribution in [3.8, 4) is 0 Å². The lowest BCUT2D eigenvalue weighted by molar-refractivity contribution is -0.143. The Labute approximate surface area is 162 Å². The van der Waals surface area contributed by atoms with Crippen LogP contribution in [-0.4, -0.2) is 67.7 Å². The SMILES string of the molecule is CN=C(NCCCN(C)CC(F)(F)F)N(C)Cc1csc(C)n1.I. The molecule has 0 bridgehead atoms. The maximum absolute atomic E-state index is 12.2. The summed E-state index contributed by atoms with van der Waals surface area (Å²) >= 11 is 1.60. The first-order chi connectivity index (χ1) is 10.7. The topological polar surface area (TPSA) is 43.8 Å². The number of thiazole rings is 1. The summed E-state index contributed by atoms with van der Waals surface area (Å²) in [5.41, 5.74) is 0.975. The van der Waals surface area contributed by atoms with Crippen LogP contribution >= 0.6 is 35.3 Å². The van der Waals surface area contributed by atoms with Gasteiger partial charge in [0.1, 0.15) is 0 Å². The largest absolute Gasteiger partial charge is 0.401 e. The number of hydrogen-bond donors (Lipinski definition) is 1. The maximum Gasteiger partial charge on any atom is 0.401 e. The van der Waals surface area contributed by atoms with Gasteiger partial charge in [0.25, 0.3) is 0 Å². The van der Waals surface area contributed by atoms with Crippen LogP contribution in [-0.2, 0) is 6.54 Å². The molecule has 0 atom stereocenters. The number of alkyl halides is 3. The molecule has 1 heterocycles. The molecule has 1 aromatic rings. The van der Waals surface area contributed by atoms with Gasteiger partial charge < -0.3 is 10.2 Å². The molecular formula is C14H25F3IN5S. The lowest BCUT2D eigenvalue weighted by Gasteiger charge is -2.22. The minimum atomic E-state index is -4.15. The predicted molar refractivity (Wildman–Crippen MR) is 103 cm³/mol. The van der Waals surface area contributed by atoms with Gasteiger partial charge in [-0.05, 0) is 26.9 Å². The van der Waals surface area contributed by atoms with E-state index in [-0.39, 0.29) is 24.0 Å². The van der Waals surface area contributed by atoms with E-state index in [0.29, 0.717) is 32.0 Å². The predicted octanol–water partition coefficient (Wildman–Crippen LogP) is 2.96. The molecule has 0 saturated heterocycles. The first-order valence-electron chi connectivity index (χ1n) is 7.29. The molecule has 10 heteroatoms. The van der Waals surface area contributed by atoms with Gasteiger partial charge in [-0.1, -0.05) is 0 Å². The molecule has 0 aliphatic rings. The number of nitrogens with zero attached hydrogens (tertiary/aromatic N) is 4. The Balaban J connectivity index is 0.00000529. The molecule has 0 unspecified atom stereocenters. The Morgan fingerprint density at radius 2 is 2.04 bits per heavy atom. The van der Waals surface area contributed by atoms with Gasteiger partial charge >= 0.3 is 6.18 Å². The van der Waals surface area contributed by atoms with Crippen LogP contribution in [0.2, 0.25) is 0 Å². The number of aromatic nitrogens is 1. The molecule has 0 spiro atoms. The second-order valence-electron chi connectivity index (χ2n) is 5.39. The average molecular weight is 479 g/mol. The van der Waals surface area contributed by atoms with Crippen LogP contribution in [0.15, 0.2) is 10.4 Å². The van der Waals surface area contributed by atoms with Crippen molar-refractivity contribution in [3.05, 3.63) is 16.1 Å². The molecule has 1 rings (SSSR count). The lowest BCUT2D eigenvalue weighted by Crippen LogP contribution is -2.40. The van der Waals surface area contributed by atoms with E-state index in [0.717, 1.165) is 10.7 Å². The van der Waals surface area contributed by atoms with Gasteiger partial charge in [0.2, 0.25) is 0 Å². The van der Waals surface area contributed by atoms with Crippen molar-refractivity contribution in [2.45, 2.75) is 26.1 Å². The summed E-state index contributed by atoms with van der Waals surface area (Å²) in [7, 11) is 5.06. The van der Waals surface area contributed by atoms with Gasteiger partial charge in [-0.25, -0.2) is 4.98 Å². The third kappa shape index (κ3) is 9.62. The molecule has 0 amide bonds. The van der Waals surface area contributed by atoms with Crippen molar-refractivity contribution in [2.24, 2.45) is 4.99 Å². The molecule has 140 valence electrons. The first-order valence-corrected chi connectivity index (χ1v) is 8.17. The highest BCUT2D eigenvalue weighted by Crippen LogP contribution is 2.15. The van der Waals surface area contributed by atoms with E-state index < -0.39 is 12.7 Å². The quantitative estimate of drug-likeness (QED) is 0.283. The minimum absolute atomic E-state index is 0. The summed E-state index contributed by atoms with van der Waals surface area (Å²) in [5, 5.41) is 6.18. The highest BCUT2D eigenvalue weighted by Gasteiger charge is 2.28. The van der Waals surface area contributed by atoms with Crippen LogP contribution in [0.25, 0.3) is 0 Å². The molecule has 0 aliphatic carbocycles. The molecule has 0 radical (unpaired) electrons. The van der Waals surface area contributed by atoms with E-state index in [4.69, 9.17) is 0 Å². The molecule has 24 heavy (non-hydrogen) atoms. The molecule has 0 aliphatic heterocycles. The summed E-state index contributed by atoms with van der Waals surface area (Å²) in [6.07, 6.45) is -3.54. The number of rotatable bonds is 7. The fraction of sp³-hybridized carbons (Fsp3) is 0.714. The first kappa shape index (κ1) is 23.4. The number of aliphatic imine (C=N–C) groups is 1. The van der Waals surface area contributed by atoms with E-state index >= 15 is 0 Å². The number of aryl methyl sites for hydroxylation is 1. The summed E-state index contributed by atoms with van der Waals surface area (Å²) in [4.78, 5) is 11.8. The van der Waals surface area contributed by atoms with Crippen molar-refractivity contribution >= 4 is 41.3 Å². The summed E-state index contributed by atoms with van der Waals surface area (Å²) in [5.74, 6) is 0.703. The average Bonchev–Trinajstić information content (AvgIpc) is 2.82. The van der Waals surface area contributed by atoms with Crippen LogP contribution in [0, 0.1) is 6.92 Å². The Kier molecular flexibility index (Phi) is 10.8. The Morgan fingerprint density at radius 3 is 2.54 bits per heavy atom. The molecular weight excluding hydrogens is 454 g/mol. The van der Waals surface area contributed by atoms with Crippen molar-refractivity contribution < 1.29 is 13.2 Å². The van der Waals surface area contributed by atoms with E-state index in [9.17, 15) is 13.2 Å². The number of nitrogens with one attached hydrogen (secondary N) is 1. The van der Waals surface area contributed by atoms with Crippen LogP contribution in [0.1, 0.15) is 17.1 Å². The summed E-state index contributed by atoms with van der Waals surface area (Å²) in [6, 6.07) is 0. The molecule has 1 N–H and O–H groups in total. The molecule has 1 aromatic heterocycles. The monoisotopic (exact) mass is 479 g/mol. The van der Waals surface area contributed by atoms with Crippen molar-refractivity contribution in [1.29, 1.82) is 0 Å². The van der Waals surface area contributed by atoms with Crippen molar-refractivity contribution in [3.63, 3.8) is 0 Å². The van der Waals surface area contributed by atoms with Crippen molar-refractivity contribution in [2.75, 3.05) is 40.8 Å². The summed E-state index contributed by atoms with van der Waals surface area (Å²) in [6.45, 7) is 2.65. The van der Waals surface area contributed by atoms with Crippen LogP contribution in [0.5, 0.6) is 0 Å². The highest BCUT2D eigenvalue weighted by molar-refractivity contribution is 14.0. The molecule has 0 saturated carbocycles. The normalized spacial score (nSPS) is 12.2. The lowest BCUT2D eigenvalue weighted by atomic mass is 10.4. The second kappa shape index (κ2) is 11.1. The van der Waals surface area contributed by atoms with Gasteiger partial charge in [0, 0.05) is 26.0 Å². The van der Waals surface area contributed by atoms with Crippen LogP contribution in [0.4, 0.5) is 13.2 Å². The van der Waals surface area contributed by atoms with Gasteiger partial charge in [-0.3, -0.25) is 9.89 Å². The van der Waals surface area contributed by atoms with E-state index in [1.165, 1.54) is 11.9 Å². The number of guanidine groups is 1. The van der Waals surface area contributed by atoms with Gasteiger partial charge in [-0.15, -0.1) is 35.3 Å². The van der Waals surface area contributed by atoms with Gasteiger partial charge in [0.15, 0.2) is 5.96 Å². The smallest absolute Gasteiger partial charge is 0.356 e. The van der Waals surface area contributed by atoms with Gasteiger partial charge in [-0.2, -0.15) is 13.2 Å². The van der Waals surface area contributed by atoms with Gasteiger partial charge in [0.05, 0.1) is 23.8 Å². The molecule has 0 aromatic carbocycles. The Hall–Kier alpha value is -0.620. The standard InChI is InChI=1S/C14H24F3N5S.HI/c1-11-20-12(9-23-11)8-22(4)13(18-2)19-6-5-7-21(3)10-14(15,16)17;/h9H,5-8,10H2,1-4H3,(H,18,19);1H. The third-order valence-corrected chi connectivity index (χ3v) is 3.91. The van der Waals surface area contributed by atoms with E-state index in [1.807, 2.05) is 24.3 Å². The highest BCUT2D eigenvalue weighted by atomic mass is 127. The fourth-order valence-electron chi connectivity index (χ4n) is 2.12. The zero-order valence-corrected chi connectivity index (χ0v) is 17.5. The maximum atomic E-state index is 12.2. The van der Waals surface area contributed by atoms with E-state index in [2.05, 4.69) is 15.3 Å². The van der Waals surface area contributed by atoms with E-state index in [1.54, 1.807) is 18.4 Å². The zero-order chi connectivity index (χ0) is 17.5. The zero-order valence-electron chi connectivity index (χ0n) is 14.4. The number of hydrogen-bond acceptors (Lipinski definition) is 4. The fourth-order valence-corrected chi connectivity index (χ4v) is 2.72. The van der Waals surface area contributed by atoms with Crippen molar-refractivity contribution in [1.82, 2.24) is 20.1 Å².